The van der Waals surface area contributed by atoms with Gasteiger partial charge in [0, 0.05) is 26.7 Å². The Morgan fingerprint density at radius 1 is 1.33 bits per heavy atom. The maximum absolute atomic E-state index is 12.1. The fourth-order valence-electron chi connectivity index (χ4n) is 2.38. The van der Waals surface area contributed by atoms with E-state index < -0.39 is 0 Å². The number of hydrogen-bond acceptors (Lipinski definition) is 3. The summed E-state index contributed by atoms with van der Waals surface area (Å²) in [7, 11) is 3.65. The van der Waals surface area contributed by atoms with E-state index in [4.69, 9.17) is 4.74 Å². The Balaban J connectivity index is 2.19. The minimum atomic E-state index is 0.0689. The lowest BCUT2D eigenvalue weighted by Crippen LogP contribution is -2.50. The summed E-state index contributed by atoms with van der Waals surface area (Å²) in [5, 5.41) is 0. The fraction of sp³-hybridized carbons (Fsp3) is 0.500. The first-order valence-electron chi connectivity index (χ1n) is 6.24. The lowest BCUT2D eigenvalue weighted by molar-refractivity contribution is -0.140. The Bertz CT molecular complexity index is 394. The number of carbonyl (C=O) groups excluding carboxylic acids is 1. The largest absolute Gasteiger partial charge is 0.375 e. The molecule has 0 N–H and O–H groups in total. The number of likely N-dealkylation sites (N-methyl/N-ethyl adjacent to an activating group) is 1. The lowest BCUT2D eigenvalue weighted by atomic mass is 10.0. The molecule has 1 aromatic carbocycles. The van der Waals surface area contributed by atoms with E-state index in [1.54, 1.807) is 7.11 Å². The highest BCUT2D eigenvalue weighted by molar-refractivity contribution is 5.78. The third kappa shape index (κ3) is 2.89. The SMILES string of the molecule is COCC(=O)N1CCN(C)CC1c1ccccc1. The number of methoxy groups -OCH3 is 1. The van der Waals surface area contributed by atoms with E-state index in [0.29, 0.717) is 0 Å². The summed E-state index contributed by atoms with van der Waals surface area (Å²) in [5.74, 6) is 0.0689. The topological polar surface area (TPSA) is 32.8 Å². The summed E-state index contributed by atoms with van der Waals surface area (Å²) in [6.45, 7) is 2.71. The van der Waals surface area contributed by atoms with Crippen molar-refractivity contribution in [1.29, 1.82) is 0 Å². The number of hydrogen-bond donors (Lipinski definition) is 0. The van der Waals surface area contributed by atoms with E-state index >= 15 is 0 Å². The van der Waals surface area contributed by atoms with Gasteiger partial charge in [0.25, 0.3) is 0 Å². The quantitative estimate of drug-likeness (QED) is 0.804. The van der Waals surface area contributed by atoms with Crippen molar-refractivity contribution in [2.75, 3.05) is 40.4 Å². The van der Waals surface area contributed by atoms with Gasteiger partial charge in [-0.05, 0) is 12.6 Å². The van der Waals surface area contributed by atoms with E-state index in [2.05, 4.69) is 24.1 Å². The number of amides is 1. The molecule has 98 valence electrons. The van der Waals surface area contributed by atoms with Crippen molar-refractivity contribution in [3.8, 4) is 0 Å². The first kappa shape index (κ1) is 13.1. The number of benzene rings is 1. The van der Waals surface area contributed by atoms with Gasteiger partial charge in [0.15, 0.2) is 0 Å². The highest BCUT2D eigenvalue weighted by Crippen LogP contribution is 2.24. The van der Waals surface area contributed by atoms with Gasteiger partial charge in [-0.15, -0.1) is 0 Å². The molecular weight excluding hydrogens is 228 g/mol. The first-order chi connectivity index (χ1) is 8.72. The second-order valence-electron chi connectivity index (χ2n) is 4.71. The van der Waals surface area contributed by atoms with Crippen molar-refractivity contribution in [3.63, 3.8) is 0 Å². The summed E-state index contributed by atoms with van der Waals surface area (Å²) in [6.07, 6.45) is 0. The smallest absolute Gasteiger partial charge is 0.249 e. The Hall–Kier alpha value is -1.39. The number of piperazine rings is 1. The normalized spacial score (nSPS) is 21.0. The molecule has 1 saturated heterocycles. The second kappa shape index (κ2) is 5.98. The van der Waals surface area contributed by atoms with Crippen LogP contribution in [0.25, 0.3) is 0 Å². The molecule has 0 aliphatic carbocycles. The summed E-state index contributed by atoms with van der Waals surface area (Å²) in [4.78, 5) is 16.3. The third-order valence-corrected chi connectivity index (χ3v) is 3.36. The van der Waals surface area contributed by atoms with Gasteiger partial charge < -0.3 is 14.5 Å². The molecule has 2 rings (SSSR count). The zero-order chi connectivity index (χ0) is 13.0. The van der Waals surface area contributed by atoms with Crippen LogP contribution in [0.4, 0.5) is 0 Å². The highest BCUT2D eigenvalue weighted by Gasteiger charge is 2.29. The molecule has 0 aromatic heterocycles. The van der Waals surface area contributed by atoms with Crippen LogP contribution in [0.1, 0.15) is 11.6 Å². The molecule has 1 amide bonds. The average Bonchev–Trinajstić information content (AvgIpc) is 2.40. The van der Waals surface area contributed by atoms with Gasteiger partial charge in [-0.25, -0.2) is 0 Å². The standard InChI is InChI=1S/C14H20N2O2/c1-15-8-9-16(14(17)11-18-2)13(10-15)12-6-4-3-5-7-12/h3-7,13H,8-11H2,1-2H3. The minimum Gasteiger partial charge on any atom is -0.375 e. The molecule has 4 heteroatoms. The van der Waals surface area contributed by atoms with Crippen molar-refractivity contribution < 1.29 is 9.53 Å². The molecule has 0 radical (unpaired) electrons. The van der Waals surface area contributed by atoms with Crippen LogP contribution in [0.5, 0.6) is 0 Å². The predicted molar refractivity (Wildman–Crippen MR) is 70.3 cm³/mol. The van der Waals surface area contributed by atoms with Gasteiger partial charge in [0.2, 0.25) is 5.91 Å². The monoisotopic (exact) mass is 248 g/mol. The number of carbonyl (C=O) groups is 1. The van der Waals surface area contributed by atoms with Crippen LogP contribution >= 0.6 is 0 Å². The molecule has 1 aliphatic heterocycles. The molecule has 0 spiro atoms. The van der Waals surface area contributed by atoms with Gasteiger partial charge >= 0.3 is 0 Å². The Labute approximate surface area is 108 Å². The Morgan fingerprint density at radius 3 is 2.72 bits per heavy atom. The summed E-state index contributed by atoms with van der Waals surface area (Å²) in [5.41, 5.74) is 1.19. The molecule has 1 fully saturated rings. The summed E-state index contributed by atoms with van der Waals surface area (Å²) < 4.78 is 4.96. The zero-order valence-corrected chi connectivity index (χ0v) is 11.0. The van der Waals surface area contributed by atoms with Crippen molar-refractivity contribution in [1.82, 2.24) is 9.80 Å². The number of nitrogens with zero attached hydrogens (tertiary/aromatic N) is 2. The first-order valence-corrected chi connectivity index (χ1v) is 6.24. The van der Waals surface area contributed by atoms with Gasteiger partial charge in [-0.2, -0.15) is 0 Å². The predicted octanol–water partition coefficient (Wildman–Crippen LogP) is 1.15. The van der Waals surface area contributed by atoms with Crippen LogP contribution in [0.15, 0.2) is 30.3 Å². The van der Waals surface area contributed by atoms with Crippen molar-refractivity contribution in [2.45, 2.75) is 6.04 Å². The molecule has 0 saturated carbocycles. The number of ether oxygens (including phenoxy) is 1. The van der Waals surface area contributed by atoms with Crippen LogP contribution in [0, 0.1) is 0 Å². The van der Waals surface area contributed by atoms with Gasteiger partial charge in [-0.1, -0.05) is 30.3 Å². The zero-order valence-electron chi connectivity index (χ0n) is 11.0. The maximum Gasteiger partial charge on any atom is 0.249 e. The Morgan fingerprint density at radius 2 is 2.06 bits per heavy atom. The molecule has 18 heavy (non-hydrogen) atoms. The van der Waals surface area contributed by atoms with Crippen LogP contribution in [-0.4, -0.2) is 56.1 Å². The Kier molecular flexibility index (Phi) is 4.33. The fourth-order valence-corrected chi connectivity index (χ4v) is 2.38. The minimum absolute atomic E-state index is 0.0689. The maximum atomic E-state index is 12.1. The second-order valence-corrected chi connectivity index (χ2v) is 4.71. The molecule has 1 aliphatic rings. The molecule has 1 unspecified atom stereocenters. The summed E-state index contributed by atoms with van der Waals surface area (Å²) in [6, 6.07) is 10.3. The molecule has 1 heterocycles. The van der Waals surface area contributed by atoms with E-state index in [-0.39, 0.29) is 18.6 Å². The van der Waals surface area contributed by atoms with Crippen LogP contribution in [-0.2, 0) is 9.53 Å². The van der Waals surface area contributed by atoms with Gasteiger partial charge in [-0.3, -0.25) is 4.79 Å². The van der Waals surface area contributed by atoms with E-state index in [9.17, 15) is 4.79 Å². The summed E-state index contributed by atoms with van der Waals surface area (Å²) >= 11 is 0. The van der Waals surface area contributed by atoms with Crippen LogP contribution in [0.3, 0.4) is 0 Å². The van der Waals surface area contributed by atoms with E-state index in [0.717, 1.165) is 19.6 Å². The third-order valence-electron chi connectivity index (χ3n) is 3.36. The van der Waals surface area contributed by atoms with Crippen molar-refractivity contribution in [2.24, 2.45) is 0 Å². The van der Waals surface area contributed by atoms with Crippen molar-refractivity contribution in [3.05, 3.63) is 35.9 Å². The van der Waals surface area contributed by atoms with Crippen LogP contribution < -0.4 is 0 Å². The van der Waals surface area contributed by atoms with Crippen LogP contribution in [0.2, 0.25) is 0 Å². The van der Waals surface area contributed by atoms with E-state index in [1.807, 2.05) is 23.1 Å². The molecule has 1 atom stereocenters. The average molecular weight is 248 g/mol. The van der Waals surface area contributed by atoms with Gasteiger partial charge in [0.05, 0.1) is 6.04 Å². The number of rotatable bonds is 3. The molecule has 0 bridgehead atoms. The van der Waals surface area contributed by atoms with E-state index in [1.165, 1.54) is 5.56 Å². The highest BCUT2D eigenvalue weighted by atomic mass is 16.5. The van der Waals surface area contributed by atoms with Crippen molar-refractivity contribution >= 4 is 5.91 Å². The molecular formula is C14H20N2O2. The molecule has 4 nitrogen and oxygen atoms in total. The van der Waals surface area contributed by atoms with Gasteiger partial charge in [0.1, 0.15) is 6.61 Å². The molecule has 1 aromatic rings. The lowest BCUT2D eigenvalue weighted by Gasteiger charge is -2.40.